The monoisotopic (exact) mass is 203 g/mol. The quantitative estimate of drug-likeness (QED) is 0.706. The molecular weight excluding hydrogens is 190 g/mol. The number of fused-ring (bicyclic) bond motifs is 1. The predicted molar refractivity (Wildman–Crippen MR) is 58.1 cm³/mol. The van der Waals surface area contributed by atoms with Crippen molar-refractivity contribution in [3.8, 4) is 0 Å². The summed E-state index contributed by atoms with van der Waals surface area (Å²) < 4.78 is 1.35. The predicted octanol–water partition coefficient (Wildman–Crippen LogP) is 1.52. The van der Waals surface area contributed by atoms with Gasteiger partial charge in [0.25, 0.3) is 5.56 Å². The number of aryl methyl sites for hydroxylation is 1. The van der Waals surface area contributed by atoms with Gasteiger partial charge in [-0.3, -0.25) is 4.79 Å². The lowest BCUT2D eigenvalue weighted by molar-refractivity contribution is 0.735. The van der Waals surface area contributed by atoms with Crippen LogP contribution in [0.2, 0.25) is 0 Å². The molecule has 4 nitrogen and oxygen atoms in total. The standard InChI is InChI=1S/C11H13N3O/c1-7(2)11-8(3)6-9-12-5-4-10(15)14(9)13-11/h4-7H,1-3H3. The molecule has 78 valence electrons. The lowest BCUT2D eigenvalue weighted by Gasteiger charge is -2.09. The molecule has 2 rings (SSSR count). The Kier molecular flexibility index (Phi) is 2.26. The molecule has 0 spiro atoms. The molecule has 0 aliphatic rings. The van der Waals surface area contributed by atoms with E-state index in [2.05, 4.69) is 23.9 Å². The van der Waals surface area contributed by atoms with Crippen molar-refractivity contribution in [2.75, 3.05) is 0 Å². The van der Waals surface area contributed by atoms with E-state index in [1.54, 1.807) is 0 Å². The van der Waals surface area contributed by atoms with Crippen LogP contribution in [0.3, 0.4) is 0 Å². The van der Waals surface area contributed by atoms with Crippen LogP contribution in [0.25, 0.3) is 5.65 Å². The minimum Gasteiger partial charge on any atom is -0.267 e. The second-order valence-electron chi connectivity index (χ2n) is 3.92. The van der Waals surface area contributed by atoms with Crippen LogP contribution in [0.1, 0.15) is 31.0 Å². The summed E-state index contributed by atoms with van der Waals surface area (Å²) in [5.74, 6) is 0.307. The van der Waals surface area contributed by atoms with Gasteiger partial charge in [-0.15, -0.1) is 0 Å². The minimum atomic E-state index is -0.137. The third-order valence-electron chi connectivity index (χ3n) is 2.35. The topological polar surface area (TPSA) is 47.3 Å². The molecule has 0 unspecified atom stereocenters. The first kappa shape index (κ1) is 9.83. The Bertz CT molecular complexity index is 557. The lowest BCUT2D eigenvalue weighted by Crippen LogP contribution is -2.18. The molecule has 0 radical (unpaired) electrons. The van der Waals surface area contributed by atoms with Gasteiger partial charge in [0.1, 0.15) is 0 Å². The van der Waals surface area contributed by atoms with Gasteiger partial charge in [-0.25, -0.2) is 4.98 Å². The Morgan fingerprint density at radius 3 is 2.80 bits per heavy atom. The maximum absolute atomic E-state index is 11.5. The molecule has 0 fully saturated rings. The van der Waals surface area contributed by atoms with E-state index < -0.39 is 0 Å². The highest BCUT2D eigenvalue weighted by atomic mass is 16.1. The number of rotatable bonds is 1. The summed E-state index contributed by atoms with van der Waals surface area (Å²) in [5, 5.41) is 4.32. The highest BCUT2D eigenvalue weighted by molar-refractivity contribution is 5.40. The zero-order valence-corrected chi connectivity index (χ0v) is 9.06. The van der Waals surface area contributed by atoms with Crippen molar-refractivity contribution in [3.05, 3.63) is 39.9 Å². The van der Waals surface area contributed by atoms with Gasteiger partial charge >= 0.3 is 0 Å². The van der Waals surface area contributed by atoms with E-state index in [0.29, 0.717) is 11.6 Å². The third-order valence-corrected chi connectivity index (χ3v) is 2.35. The molecule has 0 saturated heterocycles. The number of nitrogens with zero attached hydrogens (tertiary/aromatic N) is 3. The second-order valence-corrected chi connectivity index (χ2v) is 3.92. The average molecular weight is 203 g/mol. The molecule has 0 N–H and O–H groups in total. The maximum Gasteiger partial charge on any atom is 0.274 e. The van der Waals surface area contributed by atoms with Crippen LogP contribution >= 0.6 is 0 Å². The molecule has 0 saturated carbocycles. The lowest BCUT2D eigenvalue weighted by atomic mass is 10.1. The molecule has 0 atom stereocenters. The van der Waals surface area contributed by atoms with Crippen molar-refractivity contribution in [2.24, 2.45) is 0 Å². The first-order valence-corrected chi connectivity index (χ1v) is 4.95. The molecular formula is C11H13N3O. The largest absolute Gasteiger partial charge is 0.274 e. The Balaban J connectivity index is 2.84. The Labute approximate surface area is 87.6 Å². The van der Waals surface area contributed by atoms with Crippen molar-refractivity contribution >= 4 is 5.65 Å². The fourth-order valence-corrected chi connectivity index (χ4v) is 1.64. The van der Waals surface area contributed by atoms with E-state index >= 15 is 0 Å². The fraction of sp³-hybridized carbons (Fsp3) is 0.364. The fourth-order valence-electron chi connectivity index (χ4n) is 1.64. The van der Waals surface area contributed by atoms with Crippen LogP contribution in [-0.2, 0) is 0 Å². The Morgan fingerprint density at radius 2 is 2.13 bits per heavy atom. The van der Waals surface area contributed by atoms with Crippen molar-refractivity contribution in [1.82, 2.24) is 14.6 Å². The molecule has 0 aliphatic carbocycles. The van der Waals surface area contributed by atoms with Gasteiger partial charge in [0.2, 0.25) is 0 Å². The normalized spacial score (nSPS) is 11.2. The SMILES string of the molecule is Cc1cc2nccc(=O)n2nc1C(C)C. The molecule has 0 amide bonds. The molecule has 0 aromatic carbocycles. The number of hydrogen-bond acceptors (Lipinski definition) is 3. The zero-order valence-electron chi connectivity index (χ0n) is 9.06. The zero-order chi connectivity index (χ0) is 11.0. The molecule has 2 aromatic heterocycles. The average Bonchev–Trinajstić information content (AvgIpc) is 2.16. The molecule has 2 aromatic rings. The van der Waals surface area contributed by atoms with E-state index in [1.165, 1.54) is 16.8 Å². The third kappa shape index (κ3) is 1.63. The van der Waals surface area contributed by atoms with Gasteiger partial charge in [0.15, 0.2) is 5.65 Å². The summed E-state index contributed by atoms with van der Waals surface area (Å²) in [5.41, 5.74) is 2.48. The van der Waals surface area contributed by atoms with Gasteiger partial charge in [-0.2, -0.15) is 9.61 Å². The summed E-state index contributed by atoms with van der Waals surface area (Å²) >= 11 is 0. The summed E-state index contributed by atoms with van der Waals surface area (Å²) in [6.45, 7) is 6.10. The maximum atomic E-state index is 11.5. The second kappa shape index (κ2) is 3.46. The van der Waals surface area contributed by atoms with Crippen LogP contribution in [0.4, 0.5) is 0 Å². The first-order valence-electron chi connectivity index (χ1n) is 4.95. The van der Waals surface area contributed by atoms with E-state index in [1.807, 2.05) is 13.0 Å². The number of aromatic nitrogens is 3. The van der Waals surface area contributed by atoms with E-state index in [9.17, 15) is 4.79 Å². The van der Waals surface area contributed by atoms with Gasteiger partial charge in [0, 0.05) is 12.3 Å². The summed E-state index contributed by atoms with van der Waals surface area (Å²) in [6, 6.07) is 3.31. The smallest absolute Gasteiger partial charge is 0.267 e. The van der Waals surface area contributed by atoms with Gasteiger partial charge in [-0.05, 0) is 24.5 Å². The number of hydrogen-bond donors (Lipinski definition) is 0. The van der Waals surface area contributed by atoms with Crippen LogP contribution in [-0.4, -0.2) is 14.6 Å². The van der Waals surface area contributed by atoms with E-state index in [-0.39, 0.29) is 5.56 Å². The van der Waals surface area contributed by atoms with Crippen LogP contribution in [0, 0.1) is 6.92 Å². The molecule has 2 heterocycles. The van der Waals surface area contributed by atoms with Crippen molar-refractivity contribution in [3.63, 3.8) is 0 Å². The molecule has 15 heavy (non-hydrogen) atoms. The van der Waals surface area contributed by atoms with Crippen molar-refractivity contribution in [2.45, 2.75) is 26.7 Å². The highest BCUT2D eigenvalue weighted by Gasteiger charge is 2.08. The first-order chi connectivity index (χ1) is 7.09. The van der Waals surface area contributed by atoms with Gasteiger partial charge in [0.05, 0.1) is 5.69 Å². The molecule has 0 aliphatic heterocycles. The molecule has 0 bridgehead atoms. The van der Waals surface area contributed by atoms with Crippen molar-refractivity contribution < 1.29 is 0 Å². The summed E-state index contributed by atoms with van der Waals surface area (Å²) in [7, 11) is 0. The Hall–Kier alpha value is -1.71. The molecule has 4 heteroatoms. The summed E-state index contributed by atoms with van der Waals surface area (Å²) in [4.78, 5) is 15.6. The van der Waals surface area contributed by atoms with Gasteiger partial charge in [-0.1, -0.05) is 13.8 Å². The van der Waals surface area contributed by atoms with E-state index in [0.717, 1.165) is 11.3 Å². The summed E-state index contributed by atoms with van der Waals surface area (Å²) in [6.07, 6.45) is 1.51. The Morgan fingerprint density at radius 1 is 1.40 bits per heavy atom. The highest BCUT2D eigenvalue weighted by Crippen LogP contribution is 2.15. The van der Waals surface area contributed by atoms with Crippen LogP contribution in [0.5, 0.6) is 0 Å². The minimum absolute atomic E-state index is 0.137. The van der Waals surface area contributed by atoms with Crippen molar-refractivity contribution in [1.29, 1.82) is 0 Å². The van der Waals surface area contributed by atoms with Gasteiger partial charge < -0.3 is 0 Å². The van der Waals surface area contributed by atoms with Crippen LogP contribution in [0.15, 0.2) is 23.1 Å². The van der Waals surface area contributed by atoms with E-state index in [4.69, 9.17) is 0 Å². The van der Waals surface area contributed by atoms with Crippen LogP contribution < -0.4 is 5.56 Å².